The van der Waals surface area contributed by atoms with Crippen molar-refractivity contribution in [1.29, 1.82) is 0 Å². The van der Waals surface area contributed by atoms with Gasteiger partial charge in [0.05, 0.1) is 0 Å². The molecule has 2 aromatic rings. The molecule has 108 valence electrons. The van der Waals surface area contributed by atoms with Crippen LogP contribution in [0.3, 0.4) is 0 Å². The Balaban J connectivity index is 1.57. The fourth-order valence-corrected chi connectivity index (χ4v) is 2.19. The number of nitrogens with one attached hydrogen (secondary N) is 2. The zero-order chi connectivity index (χ0) is 14.7. The van der Waals surface area contributed by atoms with Gasteiger partial charge in [0.25, 0.3) is 0 Å². The number of halogens is 1. The van der Waals surface area contributed by atoms with Crippen LogP contribution in [0.4, 0.5) is 10.5 Å². The number of amides is 2. The fraction of sp³-hybridized carbons (Fsp3) is 0.133. The van der Waals surface area contributed by atoms with E-state index in [0.717, 1.165) is 5.56 Å². The summed E-state index contributed by atoms with van der Waals surface area (Å²) in [6.45, 7) is 0.608. The van der Waals surface area contributed by atoms with Gasteiger partial charge in [0.15, 0.2) is 11.5 Å². The van der Waals surface area contributed by atoms with Crippen LogP contribution in [0.15, 0.2) is 42.5 Å². The van der Waals surface area contributed by atoms with E-state index in [-0.39, 0.29) is 12.8 Å². The van der Waals surface area contributed by atoms with Crippen LogP contribution in [0.1, 0.15) is 5.56 Å². The van der Waals surface area contributed by atoms with Gasteiger partial charge in [-0.1, -0.05) is 23.7 Å². The van der Waals surface area contributed by atoms with E-state index in [2.05, 4.69) is 10.6 Å². The van der Waals surface area contributed by atoms with Gasteiger partial charge >= 0.3 is 6.03 Å². The van der Waals surface area contributed by atoms with Crippen molar-refractivity contribution in [2.24, 2.45) is 0 Å². The highest BCUT2D eigenvalue weighted by molar-refractivity contribution is 6.30. The third kappa shape index (κ3) is 3.38. The van der Waals surface area contributed by atoms with Gasteiger partial charge in [-0.05, 0) is 29.8 Å². The molecule has 0 spiro atoms. The number of hydrogen-bond donors (Lipinski definition) is 2. The van der Waals surface area contributed by atoms with Crippen molar-refractivity contribution in [3.63, 3.8) is 0 Å². The fourth-order valence-electron chi connectivity index (χ4n) is 1.98. The largest absolute Gasteiger partial charge is 0.454 e. The number of benzene rings is 2. The molecule has 0 aromatic heterocycles. The number of hydrogen-bond acceptors (Lipinski definition) is 3. The summed E-state index contributed by atoms with van der Waals surface area (Å²) >= 11 is 5.89. The molecule has 2 amide bonds. The van der Waals surface area contributed by atoms with Crippen LogP contribution in [-0.2, 0) is 6.54 Å². The van der Waals surface area contributed by atoms with Gasteiger partial charge < -0.3 is 20.1 Å². The Labute approximate surface area is 126 Å². The first-order valence-electron chi connectivity index (χ1n) is 6.40. The van der Waals surface area contributed by atoms with E-state index in [1.807, 2.05) is 18.2 Å². The van der Waals surface area contributed by atoms with Crippen molar-refractivity contribution < 1.29 is 14.3 Å². The summed E-state index contributed by atoms with van der Waals surface area (Å²) in [6.07, 6.45) is 0. The van der Waals surface area contributed by atoms with E-state index < -0.39 is 0 Å². The molecule has 0 aliphatic carbocycles. The molecular weight excluding hydrogens is 292 g/mol. The zero-order valence-corrected chi connectivity index (χ0v) is 11.8. The summed E-state index contributed by atoms with van der Waals surface area (Å²) in [4.78, 5) is 11.8. The minimum atomic E-state index is -0.297. The number of anilines is 1. The SMILES string of the molecule is O=C(NCc1cccc(Cl)c1)Nc1ccc2c(c1)OCO2. The van der Waals surface area contributed by atoms with Crippen molar-refractivity contribution in [3.8, 4) is 11.5 Å². The lowest BCUT2D eigenvalue weighted by Gasteiger charge is -2.08. The van der Waals surface area contributed by atoms with Gasteiger partial charge in [-0.3, -0.25) is 0 Å². The summed E-state index contributed by atoms with van der Waals surface area (Å²) in [5.41, 5.74) is 1.58. The highest BCUT2D eigenvalue weighted by Crippen LogP contribution is 2.34. The number of carbonyl (C=O) groups excluding carboxylic acids is 1. The maximum atomic E-state index is 11.8. The lowest BCUT2D eigenvalue weighted by atomic mass is 10.2. The summed E-state index contributed by atoms with van der Waals surface area (Å²) < 4.78 is 10.5. The van der Waals surface area contributed by atoms with Crippen LogP contribution in [0, 0.1) is 0 Å². The molecule has 0 saturated heterocycles. The van der Waals surface area contributed by atoms with E-state index in [0.29, 0.717) is 28.8 Å². The number of urea groups is 1. The first-order valence-corrected chi connectivity index (χ1v) is 6.77. The van der Waals surface area contributed by atoms with Crippen molar-refractivity contribution >= 4 is 23.3 Å². The molecule has 0 radical (unpaired) electrons. The van der Waals surface area contributed by atoms with E-state index in [4.69, 9.17) is 21.1 Å². The average Bonchev–Trinajstić information content (AvgIpc) is 2.93. The summed E-state index contributed by atoms with van der Waals surface area (Å²) in [5.74, 6) is 1.31. The topological polar surface area (TPSA) is 59.6 Å². The van der Waals surface area contributed by atoms with E-state index >= 15 is 0 Å². The van der Waals surface area contributed by atoms with Gasteiger partial charge in [-0.25, -0.2) is 4.79 Å². The third-order valence-corrected chi connectivity index (χ3v) is 3.21. The van der Waals surface area contributed by atoms with Gasteiger partial charge in [0, 0.05) is 23.3 Å². The predicted octanol–water partition coefficient (Wildman–Crippen LogP) is 3.39. The van der Waals surface area contributed by atoms with Gasteiger partial charge in [0.1, 0.15) is 0 Å². The maximum absolute atomic E-state index is 11.8. The molecule has 0 saturated carbocycles. The molecule has 21 heavy (non-hydrogen) atoms. The Hall–Kier alpha value is -2.40. The summed E-state index contributed by atoms with van der Waals surface area (Å²) in [6, 6.07) is 12.3. The Morgan fingerprint density at radius 2 is 2.00 bits per heavy atom. The molecule has 1 heterocycles. The quantitative estimate of drug-likeness (QED) is 0.914. The van der Waals surface area contributed by atoms with Crippen molar-refractivity contribution in [3.05, 3.63) is 53.1 Å². The first kappa shape index (κ1) is 13.6. The molecule has 0 bridgehead atoms. The highest BCUT2D eigenvalue weighted by atomic mass is 35.5. The van der Waals surface area contributed by atoms with Gasteiger partial charge in [-0.2, -0.15) is 0 Å². The van der Waals surface area contributed by atoms with E-state index in [9.17, 15) is 4.79 Å². The molecule has 2 aromatic carbocycles. The summed E-state index contributed by atoms with van der Waals surface area (Å²) in [5, 5.41) is 6.14. The van der Waals surface area contributed by atoms with E-state index in [1.165, 1.54) is 0 Å². The number of ether oxygens (including phenoxy) is 2. The third-order valence-electron chi connectivity index (χ3n) is 2.97. The predicted molar refractivity (Wildman–Crippen MR) is 79.9 cm³/mol. The van der Waals surface area contributed by atoms with Gasteiger partial charge in [0.2, 0.25) is 6.79 Å². The van der Waals surface area contributed by atoms with Crippen LogP contribution in [0.25, 0.3) is 0 Å². The molecule has 2 N–H and O–H groups in total. The van der Waals surface area contributed by atoms with Crippen LogP contribution < -0.4 is 20.1 Å². The molecule has 1 aliphatic rings. The molecule has 3 rings (SSSR count). The second-order valence-corrected chi connectivity index (χ2v) is 4.94. The van der Waals surface area contributed by atoms with Crippen LogP contribution in [0.2, 0.25) is 5.02 Å². The van der Waals surface area contributed by atoms with E-state index in [1.54, 1.807) is 24.3 Å². The van der Waals surface area contributed by atoms with Crippen LogP contribution >= 0.6 is 11.6 Å². The van der Waals surface area contributed by atoms with Crippen LogP contribution in [0.5, 0.6) is 11.5 Å². The Bertz CT molecular complexity index is 676. The minimum absolute atomic E-state index is 0.208. The molecule has 0 fully saturated rings. The minimum Gasteiger partial charge on any atom is -0.454 e. The monoisotopic (exact) mass is 304 g/mol. The van der Waals surface area contributed by atoms with Crippen molar-refractivity contribution in [2.75, 3.05) is 12.1 Å². The Morgan fingerprint density at radius 1 is 1.14 bits per heavy atom. The number of rotatable bonds is 3. The second-order valence-electron chi connectivity index (χ2n) is 4.51. The maximum Gasteiger partial charge on any atom is 0.319 e. The Kier molecular flexibility index (Phi) is 3.83. The number of carbonyl (C=O) groups is 1. The second kappa shape index (κ2) is 5.93. The first-order chi connectivity index (χ1) is 10.2. The molecule has 0 unspecified atom stereocenters. The van der Waals surface area contributed by atoms with Crippen molar-refractivity contribution in [1.82, 2.24) is 5.32 Å². The Morgan fingerprint density at radius 3 is 2.86 bits per heavy atom. The lowest BCUT2D eigenvalue weighted by Crippen LogP contribution is -2.28. The standard InChI is InChI=1S/C15H13ClN2O3/c16-11-3-1-2-10(6-11)8-17-15(19)18-12-4-5-13-14(7-12)21-9-20-13/h1-7H,8-9H2,(H2,17,18,19). The molecule has 5 nitrogen and oxygen atoms in total. The molecular formula is C15H13ClN2O3. The zero-order valence-electron chi connectivity index (χ0n) is 11.1. The molecule has 6 heteroatoms. The highest BCUT2D eigenvalue weighted by Gasteiger charge is 2.13. The molecule has 0 atom stereocenters. The summed E-state index contributed by atoms with van der Waals surface area (Å²) in [7, 11) is 0. The van der Waals surface area contributed by atoms with Crippen LogP contribution in [-0.4, -0.2) is 12.8 Å². The van der Waals surface area contributed by atoms with Gasteiger partial charge in [-0.15, -0.1) is 0 Å². The smallest absolute Gasteiger partial charge is 0.319 e. The normalized spacial score (nSPS) is 12.0. The average molecular weight is 305 g/mol. The lowest BCUT2D eigenvalue weighted by molar-refractivity contribution is 0.174. The molecule has 1 aliphatic heterocycles. The van der Waals surface area contributed by atoms with Crippen molar-refractivity contribution in [2.45, 2.75) is 6.54 Å². The number of fused-ring (bicyclic) bond motifs is 1.